The maximum absolute atomic E-state index is 13.0. The van der Waals surface area contributed by atoms with Crippen molar-refractivity contribution < 1.29 is 52.2 Å². The van der Waals surface area contributed by atoms with Crippen LogP contribution in [0.4, 0.5) is 0 Å². The molecule has 0 saturated carbocycles. The first-order valence-corrected chi connectivity index (χ1v) is 34.9. The minimum atomic E-state index is -4.78. The number of hydrogen-bond acceptors (Lipinski definition) is 10. The maximum atomic E-state index is 13.0. The summed E-state index contributed by atoms with van der Waals surface area (Å²) < 4.78 is 39.7. The molecule has 0 heterocycles. The van der Waals surface area contributed by atoms with Crippen LogP contribution in [0.25, 0.3) is 0 Å². The average Bonchev–Trinajstić information content (AvgIpc) is 3.53. The minimum absolute atomic E-state index is 0.119. The molecule has 0 saturated heterocycles. The Kier molecular flexibility index (Phi) is 61.7. The number of aliphatic hydroxyl groups is 1. The van der Waals surface area contributed by atoms with Crippen molar-refractivity contribution in [2.75, 3.05) is 26.4 Å². The van der Waals surface area contributed by atoms with Gasteiger partial charge in [-0.3, -0.25) is 23.4 Å². The van der Waals surface area contributed by atoms with E-state index in [1.54, 1.807) is 0 Å². The van der Waals surface area contributed by atoms with Gasteiger partial charge in [-0.2, -0.15) is 0 Å². The number of rotatable bonds is 61. The third-order valence-electron chi connectivity index (χ3n) is 13.8. The van der Waals surface area contributed by atoms with Crippen molar-refractivity contribution in [3.8, 4) is 0 Å². The van der Waals surface area contributed by atoms with E-state index in [4.69, 9.17) is 23.3 Å². The van der Waals surface area contributed by atoms with Crippen LogP contribution < -0.4 is 0 Å². The molecule has 3 unspecified atom stereocenters. The standard InChI is InChI=1S/C72H121O11P/c1-4-7-10-13-16-19-22-25-28-31-34-37-40-43-46-49-52-55-58-61-70(74)79-65-69(83-72(76)63-60-57-54-51-48-45-42-39-36-33-30-27-24-21-18-15-12-9-6-3)67-81-84(77,78)80-66-68(64-73)82-71(75)62-59-56-53-50-47-44-41-38-35-32-29-26-23-20-17-14-11-8-5-2/h7,9-10,12,16,18-19,21,25-30,34,36-37,39,45,48,68-69,73H,4-6,8,11,13-15,17,20,22-24,31-33,35,38,40-44,46-47,49-67H2,1-3H3,(H,77,78)/b10-7-,12-9-,19-16-,21-18-,28-25-,29-26-,30-27-,37-34-,39-36-,48-45-. The van der Waals surface area contributed by atoms with Gasteiger partial charge in [0.2, 0.25) is 0 Å². The second-order valence-corrected chi connectivity index (χ2v) is 23.3. The molecule has 2 N–H and O–H groups in total. The summed E-state index contributed by atoms with van der Waals surface area (Å²) in [7, 11) is -4.78. The van der Waals surface area contributed by atoms with E-state index >= 15 is 0 Å². The van der Waals surface area contributed by atoms with Crippen LogP contribution in [-0.4, -0.2) is 66.5 Å². The van der Waals surface area contributed by atoms with E-state index in [-0.39, 0.29) is 25.9 Å². The van der Waals surface area contributed by atoms with E-state index in [9.17, 15) is 28.9 Å². The first-order valence-electron chi connectivity index (χ1n) is 33.4. The van der Waals surface area contributed by atoms with E-state index < -0.39 is 57.8 Å². The Labute approximate surface area is 513 Å². The summed E-state index contributed by atoms with van der Waals surface area (Å²) in [6, 6.07) is 0. The highest BCUT2D eigenvalue weighted by atomic mass is 31.2. The molecule has 0 radical (unpaired) electrons. The number of phosphoric acid groups is 1. The van der Waals surface area contributed by atoms with E-state index in [2.05, 4.69) is 142 Å². The summed E-state index contributed by atoms with van der Waals surface area (Å²) >= 11 is 0. The second-order valence-electron chi connectivity index (χ2n) is 21.9. The van der Waals surface area contributed by atoms with Crippen molar-refractivity contribution in [2.45, 2.75) is 290 Å². The Morgan fingerprint density at radius 3 is 0.976 bits per heavy atom. The fourth-order valence-electron chi connectivity index (χ4n) is 8.84. The molecule has 0 aromatic rings. The van der Waals surface area contributed by atoms with E-state index in [1.807, 2.05) is 0 Å². The van der Waals surface area contributed by atoms with Gasteiger partial charge in [0.1, 0.15) is 12.7 Å². The van der Waals surface area contributed by atoms with Gasteiger partial charge < -0.3 is 24.2 Å². The molecule has 0 spiro atoms. The van der Waals surface area contributed by atoms with Crippen molar-refractivity contribution in [2.24, 2.45) is 0 Å². The summed E-state index contributed by atoms with van der Waals surface area (Å²) in [4.78, 5) is 48.9. The van der Waals surface area contributed by atoms with Gasteiger partial charge in [-0.05, 0) is 128 Å². The molecule has 84 heavy (non-hydrogen) atoms. The highest BCUT2D eigenvalue weighted by Gasteiger charge is 2.28. The van der Waals surface area contributed by atoms with Crippen LogP contribution in [0.2, 0.25) is 0 Å². The largest absolute Gasteiger partial charge is 0.472 e. The zero-order chi connectivity index (χ0) is 61.2. The zero-order valence-electron chi connectivity index (χ0n) is 53.3. The second kappa shape index (κ2) is 64.9. The van der Waals surface area contributed by atoms with Gasteiger partial charge in [0.05, 0.1) is 19.8 Å². The van der Waals surface area contributed by atoms with Crippen LogP contribution in [0.1, 0.15) is 278 Å². The number of esters is 3. The summed E-state index contributed by atoms with van der Waals surface area (Å²) in [6.45, 7) is 4.39. The summed E-state index contributed by atoms with van der Waals surface area (Å²) in [5.41, 5.74) is 0. The highest BCUT2D eigenvalue weighted by molar-refractivity contribution is 7.47. The smallest absolute Gasteiger partial charge is 0.462 e. The Hall–Kier alpha value is -4.12. The third kappa shape index (κ3) is 62.4. The predicted octanol–water partition coefficient (Wildman–Crippen LogP) is 20.7. The van der Waals surface area contributed by atoms with Gasteiger partial charge in [-0.1, -0.05) is 251 Å². The van der Waals surface area contributed by atoms with Crippen molar-refractivity contribution in [3.05, 3.63) is 122 Å². The van der Waals surface area contributed by atoms with Gasteiger partial charge in [-0.15, -0.1) is 0 Å². The number of ether oxygens (including phenoxy) is 3. The fraction of sp³-hybridized carbons (Fsp3) is 0.681. The van der Waals surface area contributed by atoms with Gasteiger partial charge in [0, 0.05) is 19.3 Å². The van der Waals surface area contributed by atoms with E-state index in [0.717, 1.165) is 135 Å². The molecular formula is C72H121O11P. The van der Waals surface area contributed by atoms with Crippen LogP contribution in [0.5, 0.6) is 0 Å². The van der Waals surface area contributed by atoms with Crippen molar-refractivity contribution >= 4 is 25.7 Å². The normalized spacial score (nSPS) is 14.0. The first kappa shape index (κ1) is 79.9. The van der Waals surface area contributed by atoms with E-state index in [1.165, 1.54) is 83.5 Å². The van der Waals surface area contributed by atoms with Crippen molar-refractivity contribution in [1.82, 2.24) is 0 Å². The monoisotopic (exact) mass is 1190 g/mol. The van der Waals surface area contributed by atoms with Crippen LogP contribution in [0.15, 0.2) is 122 Å². The van der Waals surface area contributed by atoms with Crippen LogP contribution in [-0.2, 0) is 42.2 Å². The molecule has 0 fully saturated rings. The molecule has 0 aromatic carbocycles. The summed E-state index contributed by atoms with van der Waals surface area (Å²) in [6.07, 6.45) is 81.4. The number of carbonyl (C=O) groups is 3. The number of unbranched alkanes of at least 4 members (excludes halogenated alkanes) is 24. The molecule has 0 aliphatic carbocycles. The molecule has 480 valence electrons. The lowest BCUT2D eigenvalue weighted by Crippen LogP contribution is -2.30. The van der Waals surface area contributed by atoms with Crippen LogP contribution in [0, 0.1) is 0 Å². The number of aliphatic hydroxyl groups excluding tert-OH is 1. The predicted molar refractivity (Wildman–Crippen MR) is 353 cm³/mol. The molecule has 3 atom stereocenters. The molecule has 12 heteroatoms. The molecule has 0 aliphatic rings. The number of allylic oxidation sites excluding steroid dienone is 20. The Balaban J connectivity index is 4.77. The van der Waals surface area contributed by atoms with Crippen LogP contribution >= 0.6 is 7.82 Å². The first-order chi connectivity index (χ1) is 41.2. The molecular weight excluding hydrogens is 1070 g/mol. The molecule has 0 bridgehead atoms. The Bertz CT molecular complexity index is 1870. The Morgan fingerprint density at radius 1 is 0.345 bits per heavy atom. The summed E-state index contributed by atoms with van der Waals surface area (Å²) in [5, 5.41) is 9.88. The number of carbonyl (C=O) groups excluding carboxylic acids is 3. The van der Waals surface area contributed by atoms with Crippen molar-refractivity contribution in [1.29, 1.82) is 0 Å². The van der Waals surface area contributed by atoms with Crippen LogP contribution in [0.3, 0.4) is 0 Å². The van der Waals surface area contributed by atoms with Gasteiger partial charge in [0.15, 0.2) is 6.10 Å². The molecule has 0 amide bonds. The number of phosphoric ester groups is 1. The minimum Gasteiger partial charge on any atom is -0.462 e. The lowest BCUT2D eigenvalue weighted by molar-refractivity contribution is -0.161. The maximum Gasteiger partial charge on any atom is 0.472 e. The fourth-order valence-corrected chi connectivity index (χ4v) is 9.62. The van der Waals surface area contributed by atoms with Crippen molar-refractivity contribution in [3.63, 3.8) is 0 Å². The zero-order valence-corrected chi connectivity index (χ0v) is 54.2. The summed E-state index contributed by atoms with van der Waals surface area (Å²) in [5.74, 6) is -1.52. The SMILES string of the molecule is CC/C=C\C/C=C\C/C=C\C/C=C\C/C=C\CCCCCC(=O)OC(COC(=O)CCCCCCCC/C=C\C/C=C\C/C=C\C/C=C\CC)COP(=O)(O)OCC(CO)OC(=O)CCCCCCCCCCC/C=C\CCCCCCCC. The number of hydrogen-bond donors (Lipinski definition) is 2. The van der Waals surface area contributed by atoms with E-state index in [0.29, 0.717) is 19.3 Å². The lowest BCUT2D eigenvalue weighted by Gasteiger charge is -2.21. The molecule has 0 aromatic heterocycles. The topological polar surface area (TPSA) is 155 Å². The average molecular weight is 1190 g/mol. The lowest BCUT2D eigenvalue weighted by atomic mass is 10.1. The quantitative estimate of drug-likeness (QED) is 0.0197. The van der Waals surface area contributed by atoms with Gasteiger partial charge in [0.25, 0.3) is 0 Å². The van der Waals surface area contributed by atoms with Gasteiger partial charge >= 0.3 is 25.7 Å². The highest BCUT2D eigenvalue weighted by Crippen LogP contribution is 2.43. The molecule has 0 rings (SSSR count). The molecule has 11 nitrogen and oxygen atoms in total. The molecule has 0 aliphatic heterocycles. The third-order valence-corrected chi connectivity index (χ3v) is 14.8. The Morgan fingerprint density at radius 2 is 0.619 bits per heavy atom. The van der Waals surface area contributed by atoms with Gasteiger partial charge in [-0.25, -0.2) is 4.57 Å².